The first kappa shape index (κ1) is 19.8. The van der Waals surface area contributed by atoms with Gasteiger partial charge in [-0.2, -0.15) is 0 Å². The van der Waals surface area contributed by atoms with E-state index in [0.29, 0.717) is 24.4 Å². The van der Waals surface area contributed by atoms with Crippen LogP contribution in [0.15, 0.2) is 42.6 Å². The average Bonchev–Trinajstić information content (AvgIpc) is 2.71. The number of aromatic nitrogens is 1. The van der Waals surface area contributed by atoms with Gasteiger partial charge in [0.25, 0.3) is 11.8 Å². The Labute approximate surface area is 164 Å². The van der Waals surface area contributed by atoms with Crippen LogP contribution in [0, 0.1) is 13.8 Å². The molecule has 0 radical (unpaired) electrons. The highest BCUT2D eigenvalue weighted by Gasteiger charge is 2.31. The van der Waals surface area contributed by atoms with Crippen LogP contribution in [0.25, 0.3) is 0 Å². The van der Waals surface area contributed by atoms with Crippen molar-refractivity contribution in [2.24, 2.45) is 0 Å². The molecule has 1 aliphatic rings. The number of hydrogen-bond donors (Lipinski definition) is 2. The van der Waals surface area contributed by atoms with E-state index in [9.17, 15) is 14.7 Å². The number of nitrogens with one attached hydrogen (secondary N) is 1. The van der Waals surface area contributed by atoms with Crippen LogP contribution in [0.1, 0.15) is 28.0 Å². The molecule has 1 aromatic carbocycles. The third kappa shape index (κ3) is 4.67. The number of rotatable bonds is 5. The molecule has 2 heterocycles. The maximum Gasteiger partial charge on any atom is 0.270 e. The molecule has 1 fully saturated rings. The Kier molecular flexibility index (Phi) is 6.26. The number of amides is 2. The van der Waals surface area contributed by atoms with Crippen molar-refractivity contribution in [3.63, 3.8) is 0 Å². The second-order valence-corrected chi connectivity index (χ2v) is 6.98. The van der Waals surface area contributed by atoms with Gasteiger partial charge in [0.2, 0.25) is 0 Å². The zero-order valence-corrected chi connectivity index (χ0v) is 16.1. The lowest BCUT2D eigenvalue weighted by atomic mass is 10.0. The van der Waals surface area contributed by atoms with Crippen molar-refractivity contribution in [3.05, 3.63) is 59.4 Å². The van der Waals surface area contributed by atoms with E-state index in [0.717, 1.165) is 11.1 Å². The van der Waals surface area contributed by atoms with Gasteiger partial charge in [-0.15, -0.1) is 0 Å². The SMILES string of the molecule is Cc1cccc(OCC(=O)N2CCC(NC(=O)c3ccccn3)C(O)C2)c1C. The highest BCUT2D eigenvalue weighted by atomic mass is 16.5. The molecule has 3 rings (SSSR count). The number of aryl methyl sites for hydroxylation is 1. The zero-order chi connectivity index (χ0) is 20.1. The highest BCUT2D eigenvalue weighted by molar-refractivity contribution is 5.92. The maximum atomic E-state index is 12.5. The number of likely N-dealkylation sites (tertiary alicyclic amines) is 1. The van der Waals surface area contributed by atoms with Gasteiger partial charge in [-0.05, 0) is 49.6 Å². The lowest BCUT2D eigenvalue weighted by molar-refractivity contribution is -0.136. The van der Waals surface area contributed by atoms with Crippen LogP contribution in [0.4, 0.5) is 0 Å². The number of pyridine rings is 1. The van der Waals surface area contributed by atoms with Crippen molar-refractivity contribution in [2.75, 3.05) is 19.7 Å². The van der Waals surface area contributed by atoms with Gasteiger partial charge in [-0.25, -0.2) is 0 Å². The van der Waals surface area contributed by atoms with E-state index in [1.165, 1.54) is 0 Å². The van der Waals surface area contributed by atoms with Gasteiger partial charge < -0.3 is 20.1 Å². The van der Waals surface area contributed by atoms with E-state index in [2.05, 4.69) is 10.3 Å². The molecule has 2 atom stereocenters. The number of carbonyl (C=O) groups excluding carboxylic acids is 2. The second-order valence-electron chi connectivity index (χ2n) is 6.98. The molecule has 2 aromatic rings. The summed E-state index contributed by atoms with van der Waals surface area (Å²) in [6.45, 7) is 4.46. The smallest absolute Gasteiger partial charge is 0.270 e. The van der Waals surface area contributed by atoms with Crippen molar-refractivity contribution in [3.8, 4) is 5.75 Å². The number of aliphatic hydroxyl groups is 1. The van der Waals surface area contributed by atoms with Crippen molar-refractivity contribution in [2.45, 2.75) is 32.4 Å². The Morgan fingerprint density at radius 1 is 1.25 bits per heavy atom. The summed E-state index contributed by atoms with van der Waals surface area (Å²) in [5, 5.41) is 13.2. The van der Waals surface area contributed by atoms with Crippen molar-refractivity contribution < 1.29 is 19.4 Å². The molecule has 0 aliphatic carbocycles. The molecule has 0 spiro atoms. The Morgan fingerprint density at radius 2 is 2.07 bits per heavy atom. The molecule has 2 N–H and O–H groups in total. The topological polar surface area (TPSA) is 91.8 Å². The number of β-amino-alcohol motifs (C(OH)–C–C–N with tert-alkyl or cyclic N) is 1. The van der Waals surface area contributed by atoms with Crippen LogP contribution in [-0.4, -0.2) is 58.6 Å². The summed E-state index contributed by atoms with van der Waals surface area (Å²) in [4.78, 5) is 30.2. The number of hydrogen-bond acceptors (Lipinski definition) is 5. The van der Waals surface area contributed by atoms with Crippen molar-refractivity contribution in [1.29, 1.82) is 0 Å². The van der Waals surface area contributed by atoms with Crippen molar-refractivity contribution >= 4 is 11.8 Å². The molecule has 7 nitrogen and oxygen atoms in total. The van der Waals surface area contributed by atoms with E-state index < -0.39 is 12.1 Å². The quantitative estimate of drug-likeness (QED) is 0.816. The van der Waals surface area contributed by atoms with Crippen LogP contribution in [0.5, 0.6) is 5.75 Å². The van der Waals surface area contributed by atoms with E-state index >= 15 is 0 Å². The first-order chi connectivity index (χ1) is 13.5. The zero-order valence-electron chi connectivity index (χ0n) is 16.1. The molecule has 2 unspecified atom stereocenters. The van der Waals surface area contributed by atoms with Gasteiger partial charge in [-0.1, -0.05) is 18.2 Å². The fourth-order valence-electron chi connectivity index (χ4n) is 3.18. The fourth-order valence-corrected chi connectivity index (χ4v) is 3.18. The van der Waals surface area contributed by atoms with Crippen molar-refractivity contribution in [1.82, 2.24) is 15.2 Å². The Morgan fingerprint density at radius 3 is 2.79 bits per heavy atom. The number of piperidine rings is 1. The van der Waals surface area contributed by atoms with Gasteiger partial charge in [0.1, 0.15) is 11.4 Å². The number of nitrogens with zero attached hydrogens (tertiary/aromatic N) is 2. The van der Waals surface area contributed by atoms with E-state index in [1.807, 2.05) is 32.0 Å². The summed E-state index contributed by atoms with van der Waals surface area (Å²) in [6, 6.07) is 10.4. The van der Waals surface area contributed by atoms with Crippen LogP contribution >= 0.6 is 0 Å². The summed E-state index contributed by atoms with van der Waals surface area (Å²) in [5.41, 5.74) is 2.41. The number of carbonyl (C=O) groups is 2. The standard InChI is InChI=1S/C21H25N3O4/c1-14-6-5-8-19(15(14)2)28-13-20(26)24-11-9-16(18(25)12-24)23-21(27)17-7-3-4-10-22-17/h3-8,10,16,18,25H,9,11-13H2,1-2H3,(H,23,27). The van der Waals surface area contributed by atoms with Crippen LogP contribution in [0.2, 0.25) is 0 Å². The molecule has 1 aromatic heterocycles. The molecule has 2 amide bonds. The van der Waals surface area contributed by atoms with Gasteiger partial charge >= 0.3 is 0 Å². The van der Waals surface area contributed by atoms with Crippen LogP contribution in [-0.2, 0) is 4.79 Å². The number of benzene rings is 1. The van der Waals surface area contributed by atoms with E-state index in [4.69, 9.17) is 4.74 Å². The molecular weight excluding hydrogens is 358 g/mol. The maximum absolute atomic E-state index is 12.5. The molecule has 1 saturated heterocycles. The van der Waals surface area contributed by atoms with Crippen LogP contribution in [0.3, 0.4) is 0 Å². The summed E-state index contributed by atoms with van der Waals surface area (Å²) in [5.74, 6) is 0.170. The number of ether oxygens (including phenoxy) is 1. The predicted molar refractivity (Wildman–Crippen MR) is 104 cm³/mol. The van der Waals surface area contributed by atoms with Gasteiger partial charge in [0, 0.05) is 19.3 Å². The van der Waals surface area contributed by atoms with E-state index in [-0.39, 0.29) is 25.0 Å². The summed E-state index contributed by atoms with van der Waals surface area (Å²) < 4.78 is 5.67. The lowest BCUT2D eigenvalue weighted by Gasteiger charge is -2.36. The average molecular weight is 383 g/mol. The molecule has 0 saturated carbocycles. The van der Waals surface area contributed by atoms with Gasteiger partial charge in [-0.3, -0.25) is 14.6 Å². The minimum absolute atomic E-state index is 0.0814. The molecule has 7 heteroatoms. The molecule has 148 valence electrons. The first-order valence-corrected chi connectivity index (χ1v) is 9.32. The Hall–Kier alpha value is -2.93. The lowest BCUT2D eigenvalue weighted by Crippen LogP contribution is -2.56. The Balaban J connectivity index is 1.51. The predicted octanol–water partition coefficient (Wildman–Crippen LogP) is 1.47. The third-order valence-corrected chi connectivity index (χ3v) is 5.05. The Bertz CT molecular complexity index is 841. The van der Waals surface area contributed by atoms with Crippen LogP contribution < -0.4 is 10.1 Å². The molecule has 28 heavy (non-hydrogen) atoms. The minimum Gasteiger partial charge on any atom is -0.483 e. The molecule has 0 bridgehead atoms. The van der Waals surface area contributed by atoms with Gasteiger partial charge in [0.15, 0.2) is 6.61 Å². The third-order valence-electron chi connectivity index (χ3n) is 5.05. The fraction of sp³-hybridized carbons (Fsp3) is 0.381. The monoisotopic (exact) mass is 383 g/mol. The second kappa shape index (κ2) is 8.84. The van der Waals surface area contributed by atoms with Gasteiger partial charge in [0.05, 0.1) is 12.1 Å². The summed E-state index contributed by atoms with van der Waals surface area (Å²) >= 11 is 0. The largest absolute Gasteiger partial charge is 0.483 e. The number of aliphatic hydroxyl groups excluding tert-OH is 1. The molecule has 1 aliphatic heterocycles. The summed E-state index contributed by atoms with van der Waals surface area (Å²) in [6.07, 6.45) is 1.17. The normalized spacial score (nSPS) is 19.2. The van der Waals surface area contributed by atoms with E-state index in [1.54, 1.807) is 29.3 Å². The minimum atomic E-state index is -0.842. The summed E-state index contributed by atoms with van der Waals surface area (Å²) in [7, 11) is 0. The highest BCUT2D eigenvalue weighted by Crippen LogP contribution is 2.21. The molecular formula is C21H25N3O4. The first-order valence-electron chi connectivity index (χ1n) is 9.32.